The van der Waals surface area contributed by atoms with Crippen molar-refractivity contribution in [1.29, 1.82) is 0 Å². The van der Waals surface area contributed by atoms with E-state index in [9.17, 15) is 4.79 Å². The van der Waals surface area contributed by atoms with Crippen LogP contribution in [0.15, 0.2) is 27.8 Å². The van der Waals surface area contributed by atoms with E-state index in [1.54, 1.807) is 6.26 Å². The molecule has 9 heteroatoms. The van der Waals surface area contributed by atoms with Crippen molar-refractivity contribution < 1.29 is 9.21 Å². The normalized spacial score (nSPS) is 22.3. The number of hydrogen-bond acceptors (Lipinski definition) is 5. The third-order valence-corrected chi connectivity index (χ3v) is 7.14. The van der Waals surface area contributed by atoms with Crippen LogP contribution in [0.1, 0.15) is 51.3 Å². The number of hydrogen-bond donors (Lipinski definition) is 1. The molecule has 3 saturated heterocycles. The quantitative estimate of drug-likeness (QED) is 0.308. The van der Waals surface area contributed by atoms with Gasteiger partial charge in [0.05, 0.1) is 24.9 Å². The van der Waals surface area contributed by atoms with Crippen molar-refractivity contribution in [2.75, 3.05) is 65.4 Å². The van der Waals surface area contributed by atoms with Crippen molar-refractivity contribution in [3.63, 3.8) is 0 Å². The van der Waals surface area contributed by atoms with Gasteiger partial charge in [0.1, 0.15) is 5.76 Å². The highest BCUT2D eigenvalue weighted by molar-refractivity contribution is 14.0. The van der Waals surface area contributed by atoms with Gasteiger partial charge in [-0.2, -0.15) is 0 Å². The van der Waals surface area contributed by atoms with Gasteiger partial charge in [-0.3, -0.25) is 19.6 Å². The minimum absolute atomic E-state index is 0. The molecular formula is C24H41IN6O2. The Labute approximate surface area is 215 Å². The molecule has 3 aliphatic rings. The fourth-order valence-electron chi connectivity index (χ4n) is 5.20. The zero-order valence-electron chi connectivity index (χ0n) is 20.2. The Bertz CT molecular complexity index is 738. The van der Waals surface area contributed by atoms with Crippen LogP contribution in [0.4, 0.5) is 0 Å². The van der Waals surface area contributed by atoms with Crippen LogP contribution in [0, 0.1) is 0 Å². The fourth-order valence-corrected chi connectivity index (χ4v) is 5.20. The first-order valence-electron chi connectivity index (χ1n) is 12.5. The van der Waals surface area contributed by atoms with E-state index in [1.807, 2.05) is 11.0 Å². The Kier molecular flexibility index (Phi) is 10.3. The number of carbonyl (C=O) groups is 1. The lowest BCUT2D eigenvalue weighted by Gasteiger charge is -2.39. The molecule has 1 aromatic rings. The van der Waals surface area contributed by atoms with Gasteiger partial charge in [-0.15, -0.1) is 24.0 Å². The number of carbonyl (C=O) groups excluding carboxylic acids is 1. The van der Waals surface area contributed by atoms with E-state index >= 15 is 0 Å². The number of nitrogens with zero attached hydrogens (tertiary/aromatic N) is 5. The predicted octanol–water partition coefficient (Wildman–Crippen LogP) is 2.63. The van der Waals surface area contributed by atoms with Crippen LogP contribution in [-0.2, 0) is 4.79 Å². The SMILES string of the molecule is CCNC(=NCC(c1ccco1)N1CCCC1)N1CCN(C(C)C(=O)N2CCCC2)CC1.I. The monoisotopic (exact) mass is 572 g/mol. The molecule has 2 unspecified atom stereocenters. The van der Waals surface area contributed by atoms with Crippen LogP contribution in [0.25, 0.3) is 0 Å². The molecule has 3 fully saturated rings. The van der Waals surface area contributed by atoms with Gasteiger partial charge in [0.25, 0.3) is 0 Å². The van der Waals surface area contributed by atoms with Crippen molar-refractivity contribution in [3.05, 3.63) is 24.2 Å². The minimum Gasteiger partial charge on any atom is -0.468 e. The van der Waals surface area contributed by atoms with E-state index in [1.165, 1.54) is 12.8 Å². The van der Waals surface area contributed by atoms with E-state index in [0.29, 0.717) is 12.5 Å². The number of likely N-dealkylation sites (tertiary alicyclic amines) is 2. The maximum absolute atomic E-state index is 12.8. The Balaban J connectivity index is 0.00000306. The summed E-state index contributed by atoms with van der Waals surface area (Å²) in [5.41, 5.74) is 0. The molecular weight excluding hydrogens is 531 g/mol. The average molecular weight is 573 g/mol. The molecule has 1 aromatic heterocycles. The molecule has 2 atom stereocenters. The smallest absolute Gasteiger partial charge is 0.239 e. The summed E-state index contributed by atoms with van der Waals surface area (Å²) in [4.78, 5) is 27.0. The maximum atomic E-state index is 12.8. The van der Waals surface area contributed by atoms with Crippen molar-refractivity contribution >= 4 is 35.8 Å². The number of piperazine rings is 1. The standard InChI is InChI=1S/C24H40N6O2.HI/c1-3-25-24(26-19-21(22-9-8-18-32-22)28-10-4-5-11-28)30-16-14-27(15-17-30)20(2)23(31)29-12-6-7-13-29;/h8-9,18,20-21H,3-7,10-17,19H2,1-2H3,(H,25,26);1H. The van der Waals surface area contributed by atoms with Gasteiger partial charge in [-0.1, -0.05) is 0 Å². The molecule has 33 heavy (non-hydrogen) atoms. The average Bonchev–Trinajstić information content (AvgIpc) is 3.61. The largest absolute Gasteiger partial charge is 0.468 e. The molecule has 0 saturated carbocycles. The summed E-state index contributed by atoms with van der Waals surface area (Å²) in [5, 5.41) is 3.49. The summed E-state index contributed by atoms with van der Waals surface area (Å²) < 4.78 is 5.76. The lowest BCUT2D eigenvalue weighted by atomic mass is 10.2. The number of nitrogens with one attached hydrogen (secondary N) is 1. The first-order chi connectivity index (χ1) is 15.7. The lowest BCUT2D eigenvalue weighted by molar-refractivity contribution is -0.135. The molecule has 0 spiro atoms. The van der Waals surface area contributed by atoms with Gasteiger partial charge in [0.2, 0.25) is 5.91 Å². The van der Waals surface area contributed by atoms with E-state index in [4.69, 9.17) is 9.41 Å². The minimum atomic E-state index is -0.0340. The molecule has 0 bridgehead atoms. The topological polar surface area (TPSA) is 67.6 Å². The van der Waals surface area contributed by atoms with Crippen LogP contribution in [0.3, 0.4) is 0 Å². The van der Waals surface area contributed by atoms with Gasteiger partial charge in [-0.25, -0.2) is 0 Å². The molecule has 0 aliphatic carbocycles. The molecule has 3 aliphatic heterocycles. The summed E-state index contributed by atoms with van der Waals surface area (Å²) in [5.74, 6) is 2.27. The molecule has 4 heterocycles. The molecule has 0 radical (unpaired) electrons. The summed E-state index contributed by atoms with van der Waals surface area (Å²) in [7, 11) is 0. The van der Waals surface area contributed by atoms with Crippen LogP contribution < -0.4 is 5.32 Å². The second kappa shape index (κ2) is 12.9. The van der Waals surface area contributed by atoms with Crippen LogP contribution in [-0.4, -0.2) is 103 Å². The predicted molar refractivity (Wildman–Crippen MR) is 142 cm³/mol. The summed E-state index contributed by atoms with van der Waals surface area (Å²) in [6, 6.07) is 4.20. The highest BCUT2D eigenvalue weighted by Gasteiger charge is 2.31. The first kappa shape index (κ1) is 26.3. The number of aliphatic imine (C=N–C) groups is 1. The number of halogens is 1. The van der Waals surface area contributed by atoms with Crippen LogP contribution in [0.5, 0.6) is 0 Å². The van der Waals surface area contributed by atoms with Gasteiger partial charge >= 0.3 is 0 Å². The highest BCUT2D eigenvalue weighted by Crippen LogP contribution is 2.26. The van der Waals surface area contributed by atoms with Crippen molar-refractivity contribution in [2.45, 2.75) is 51.6 Å². The highest BCUT2D eigenvalue weighted by atomic mass is 127. The maximum Gasteiger partial charge on any atom is 0.239 e. The molecule has 4 rings (SSSR count). The second-order valence-electron chi connectivity index (χ2n) is 9.20. The van der Waals surface area contributed by atoms with E-state index in [-0.39, 0.29) is 36.1 Å². The van der Waals surface area contributed by atoms with E-state index < -0.39 is 0 Å². The lowest BCUT2D eigenvalue weighted by Crippen LogP contribution is -2.57. The fraction of sp³-hybridized carbons (Fsp3) is 0.750. The molecule has 0 aromatic carbocycles. The molecule has 1 N–H and O–H groups in total. The number of rotatable bonds is 7. The van der Waals surface area contributed by atoms with Crippen LogP contribution >= 0.6 is 24.0 Å². The van der Waals surface area contributed by atoms with Crippen molar-refractivity contribution in [3.8, 4) is 0 Å². The second-order valence-corrected chi connectivity index (χ2v) is 9.20. The summed E-state index contributed by atoms with van der Waals surface area (Å²) in [6.07, 6.45) is 6.54. The van der Waals surface area contributed by atoms with Gasteiger partial charge in [0, 0.05) is 45.8 Å². The Morgan fingerprint density at radius 3 is 2.27 bits per heavy atom. The Morgan fingerprint density at radius 1 is 1.00 bits per heavy atom. The van der Waals surface area contributed by atoms with Gasteiger partial charge in [0.15, 0.2) is 5.96 Å². The zero-order chi connectivity index (χ0) is 22.3. The van der Waals surface area contributed by atoms with Gasteiger partial charge in [-0.05, 0) is 64.8 Å². The summed E-state index contributed by atoms with van der Waals surface area (Å²) in [6.45, 7) is 13.3. The molecule has 8 nitrogen and oxygen atoms in total. The van der Waals surface area contributed by atoms with Gasteiger partial charge < -0.3 is 19.5 Å². The first-order valence-corrected chi connectivity index (χ1v) is 12.5. The third kappa shape index (κ3) is 6.63. The number of guanidine groups is 1. The molecule has 1 amide bonds. The van der Waals surface area contributed by atoms with E-state index in [2.05, 4.69) is 39.9 Å². The summed E-state index contributed by atoms with van der Waals surface area (Å²) >= 11 is 0. The van der Waals surface area contributed by atoms with Crippen LogP contribution in [0.2, 0.25) is 0 Å². The van der Waals surface area contributed by atoms with E-state index in [0.717, 1.165) is 83.5 Å². The number of furan rings is 1. The molecule has 186 valence electrons. The number of amides is 1. The Hall–Kier alpha value is -1.33. The van der Waals surface area contributed by atoms with Crippen molar-refractivity contribution in [2.24, 2.45) is 4.99 Å². The third-order valence-electron chi connectivity index (χ3n) is 7.14. The zero-order valence-corrected chi connectivity index (χ0v) is 22.6. The van der Waals surface area contributed by atoms with Crippen molar-refractivity contribution in [1.82, 2.24) is 24.9 Å². The Morgan fingerprint density at radius 2 is 1.67 bits per heavy atom.